The molecule has 6 rings (SSSR count). The molecule has 1 heterocycles. The van der Waals surface area contributed by atoms with E-state index in [-0.39, 0.29) is 17.9 Å². The number of unbranched alkanes of at least 4 members (excludes halogenated alkanes) is 1. The Hall–Kier alpha value is -6.46. The second-order valence-electron chi connectivity index (χ2n) is 14.7. The van der Waals surface area contributed by atoms with Crippen LogP contribution in [-0.2, 0) is 38.2 Å². The number of ether oxygens (including phenoxy) is 3. The molecular weight excluding hydrogens is 789 g/mol. The van der Waals surface area contributed by atoms with E-state index in [1.807, 2.05) is 128 Å². The number of hydrogen-bond acceptors (Lipinski definition) is 9. The highest BCUT2D eigenvalue weighted by molar-refractivity contribution is 8.00. The van der Waals surface area contributed by atoms with Gasteiger partial charge in [0.25, 0.3) is 5.91 Å². The molecule has 5 aromatic rings. The zero-order valence-electron chi connectivity index (χ0n) is 34.5. The largest absolute Gasteiger partial charge is 0.466 e. The standard InChI is InChI=1S/C50H50N2O8S/c1-4-5-32-58-40(53)31-33-61-48-42(47(55)52(48)43(34(2)3)50(57)60-45(38-27-17-9-18-28-38)39-29-19-10-20-30-39)51-46(54)41(35-21-11-6-12-22-35)49(56)59-44(36-23-13-7-14-24-36)37-25-15-8-16-26-37/h6-30,41-42,44-45,48H,4-5,31-33H2,1-3H3,(H,51,54). The summed E-state index contributed by atoms with van der Waals surface area (Å²) in [5.74, 6) is -4.52. The van der Waals surface area contributed by atoms with Gasteiger partial charge in [-0.15, -0.1) is 11.8 Å². The van der Waals surface area contributed by atoms with Gasteiger partial charge in [0.15, 0.2) is 18.1 Å². The number of likely N-dealkylation sites (tertiary alicyclic amines) is 1. The summed E-state index contributed by atoms with van der Waals surface area (Å²) in [6.07, 6.45) is 0.0339. The minimum atomic E-state index is -1.46. The lowest BCUT2D eigenvalue weighted by Crippen LogP contribution is -2.70. The minimum Gasteiger partial charge on any atom is -0.466 e. The van der Waals surface area contributed by atoms with Gasteiger partial charge in [-0.25, -0.2) is 4.79 Å². The van der Waals surface area contributed by atoms with Gasteiger partial charge in [-0.1, -0.05) is 165 Å². The SMILES string of the molecule is CCCCOC(=O)CCSC1C(NC(=O)C(C(=O)OC(c2ccccc2)c2ccccc2)c2ccccc2)C(=O)N1C(C(=O)OC(c1ccccc1)c1ccccc1)=C(C)C. The van der Waals surface area contributed by atoms with Gasteiger partial charge in [0, 0.05) is 5.75 Å². The Morgan fingerprint density at radius 2 is 1.10 bits per heavy atom. The molecule has 1 N–H and O–H groups in total. The molecule has 3 atom stereocenters. The number of thioether (sulfide) groups is 1. The average molecular weight is 839 g/mol. The van der Waals surface area contributed by atoms with Crippen LogP contribution in [0.5, 0.6) is 0 Å². The van der Waals surface area contributed by atoms with Crippen LogP contribution in [0.3, 0.4) is 0 Å². The van der Waals surface area contributed by atoms with Gasteiger partial charge in [-0.05, 0) is 53.7 Å². The first-order chi connectivity index (χ1) is 29.7. The fraction of sp³-hybridized carbons (Fsp3) is 0.260. The summed E-state index contributed by atoms with van der Waals surface area (Å²) >= 11 is 1.22. The van der Waals surface area contributed by atoms with Crippen LogP contribution in [-0.4, -0.2) is 58.4 Å². The van der Waals surface area contributed by atoms with E-state index in [0.29, 0.717) is 28.9 Å². The van der Waals surface area contributed by atoms with Crippen LogP contribution < -0.4 is 5.32 Å². The van der Waals surface area contributed by atoms with E-state index >= 15 is 0 Å². The summed E-state index contributed by atoms with van der Waals surface area (Å²) in [4.78, 5) is 71.5. The van der Waals surface area contributed by atoms with Gasteiger partial charge in [-0.2, -0.15) is 0 Å². The van der Waals surface area contributed by atoms with Gasteiger partial charge < -0.3 is 19.5 Å². The molecule has 0 bridgehead atoms. The van der Waals surface area contributed by atoms with Gasteiger partial charge >= 0.3 is 17.9 Å². The maximum Gasteiger partial charge on any atom is 0.355 e. The molecular formula is C50H50N2O8S. The molecule has 0 aliphatic carbocycles. The number of hydrogen-bond donors (Lipinski definition) is 1. The number of nitrogens with zero attached hydrogens (tertiary/aromatic N) is 1. The number of nitrogens with one attached hydrogen (secondary N) is 1. The number of esters is 3. The van der Waals surface area contributed by atoms with Crippen molar-refractivity contribution in [3.8, 4) is 0 Å². The quantitative estimate of drug-likeness (QED) is 0.0217. The zero-order chi connectivity index (χ0) is 43.1. The third-order valence-corrected chi connectivity index (χ3v) is 11.4. The minimum absolute atomic E-state index is 0.0166. The highest BCUT2D eigenvalue weighted by Crippen LogP contribution is 2.38. The molecule has 0 saturated carbocycles. The highest BCUT2D eigenvalue weighted by atomic mass is 32.2. The normalized spacial score (nSPS) is 15.0. The van der Waals surface area contributed by atoms with Gasteiger partial charge in [0.2, 0.25) is 5.91 Å². The number of amides is 2. The summed E-state index contributed by atoms with van der Waals surface area (Å²) in [6.45, 7) is 5.72. The van der Waals surface area contributed by atoms with Crippen molar-refractivity contribution in [2.24, 2.45) is 0 Å². The monoisotopic (exact) mass is 838 g/mol. The van der Waals surface area contributed by atoms with Crippen molar-refractivity contribution < 1.29 is 38.2 Å². The second kappa shape index (κ2) is 21.7. The Labute approximate surface area is 361 Å². The summed E-state index contributed by atoms with van der Waals surface area (Å²) in [6, 6.07) is 44.5. The van der Waals surface area contributed by atoms with Crippen LogP contribution in [0.1, 0.15) is 86.0 Å². The van der Waals surface area contributed by atoms with Crippen molar-refractivity contribution in [2.75, 3.05) is 12.4 Å². The molecule has 61 heavy (non-hydrogen) atoms. The van der Waals surface area contributed by atoms with Crippen molar-refractivity contribution in [3.63, 3.8) is 0 Å². The lowest BCUT2D eigenvalue weighted by atomic mass is 9.95. The van der Waals surface area contributed by atoms with E-state index < -0.39 is 59.3 Å². The van der Waals surface area contributed by atoms with Crippen molar-refractivity contribution in [1.29, 1.82) is 0 Å². The summed E-state index contributed by atoms with van der Waals surface area (Å²) < 4.78 is 17.8. The van der Waals surface area contributed by atoms with E-state index in [1.54, 1.807) is 44.2 Å². The molecule has 1 saturated heterocycles. The van der Waals surface area contributed by atoms with Gasteiger partial charge in [-0.3, -0.25) is 24.1 Å². The number of benzene rings is 5. The number of rotatable bonds is 19. The Morgan fingerprint density at radius 3 is 1.54 bits per heavy atom. The average Bonchev–Trinajstić information content (AvgIpc) is 3.29. The Balaban J connectivity index is 1.28. The van der Waals surface area contributed by atoms with Gasteiger partial charge in [0.05, 0.1) is 13.0 Å². The van der Waals surface area contributed by atoms with Crippen LogP contribution >= 0.6 is 11.8 Å². The maximum absolute atomic E-state index is 14.5. The first kappa shape index (κ1) is 44.1. The molecule has 11 heteroatoms. The predicted molar refractivity (Wildman–Crippen MR) is 235 cm³/mol. The lowest BCUT2D eigenvalue weighted by Gasteiger charge is -2.47. The predicted octanol–water partition coefficient (Wildman–Crippen LogP) is 8.85. The van der Waals surface area contributed by atoms with E-state index in [1.165, 1.54) is 16.7 Å². The highest BCUT2D eigenvalue weighted by Gasteiger charge is 2.53. The van der Waals surface area contributed by atoms with E-state index in [2.05, 4.69) is 5.32 Å². The molecule has 0 spiro atoms. The van der Waals surface area contributed by atoms with E-state index in [0.717, 1.165) is 24.0 Å². The lowest BCUT2D eigenvalue weighted by molar-refractivity contribution is -0.156. The van der Waals surface area contributed by atoms with Crippen LogP contribution in [0.4, 0.5) is 0 Å². The first-order valence-electron chi connectivity index (χ1n) is 20.4. The Bertz CT molecular complexity index is 2190. The molecule has 0 aromatic heterocycles. The van der Waals surface area contributed by atoms with Crippen LogP contribution in [0.25, 0.3) is 0 Å². The molecule has 0 radical (unpaired) electrons. The van der Waals surface area contributed by atoms with Crippen molar-refractivity contribution >= 4 is 41.5 Å². The smallest absolute Gasteiger partial charge is 0.355 e. The molecule has 3 unspecified atom stereocenters. The second-order valence-corrected chi connectivity index (χ2v) is 15.9. The number of allylic oxidation sites excluding steroid dienone is 1. The zero-order valence-corrected chi connectivity index (χ0v) is 35.3. The molecule has 1 fully saturated rings. The molecule has 314 valence electrons. The number of carbonyl (C=O) groups is 5. The van der Waals surface area contributed by atoms with Crippen LogP contribution in [0.15, 0.2) is 163 Å². The van der Waals surface area contributed by atoms with Gasteiger partial charge in [0.1, 0.15) is 17.1 Å². The topological polar surface area (TPSA) is 128 Å². The molecule has 1 aliphatic heterocycles. The Morgan fingerprint density at radius 1 is 0.656 bits per heavy atom. The van der Waals surface area contributed by atoms with Crippen molar-refractivity contribution in [3.05, 3.63) is 191 Å². The third kappa shape index (κ3) is 11.2. The molecule has 10 nitrogen and oxygen atoms in total. The van der Waals surface area contributed by atoms with Crippen LogP contribution in [0, 0.1) is 0 Å². The third-order valence-electron chi connectivity index (χ3n) is 10.1. The van der Waals surface area contributed by atoms with Crippen LogP contribution in [0.2, 0.25) is 0 Å². The van der Waals surface area contributed by atoms with E-state index in [4.69, 9.17) is 14.2 Å². The molecule has 5 aromatic carbocycles. The number of β-lactam (4-membered cyclic amide) rings is 1. The summed E-state index contributed by atoms with van der Waals surface area (Å²) in [5, 5.41) is 1.99. The maximum atomic E-state index is 14.5. The summed E-state index contributed by atoms with van der Waals surface area (Å²) in [7, 11) is 0. The Kier molecular flexibility index (Phi) is 15.7. The number of carbonyl (C=O) groups excluding carboxylic acids is 5. The van der Waals surface area contributed by atoms with E-state index in [9.17, 15) is 24.0 Å². The fourth-order valence-corrected chi connectivity index (χ4v) is 8.27. The summed E-state index contributed by atoms with van der Waals surface area (Å²) in [5.41, 5.74) is 3.80. The molecule has 2 amide bonds. The molecule has 1 aliphatic rings. The first-order valence-corrected chi connectivity index (χ1v) is 21.5. The van der Waals surface area contributed by atoms with Crippen molar-refractivity contribution in [2.45, 2.75) is 69.6 Å². The van der Waals surface area contributed by atoms with Crippen molar-refractivity contribution in [1.82, 2.24) is 10.2 Å². The fourth-order valence-electron chi connectivity index (χ4n) is 7.01.